The van der Waals surface area contributed by atoms with Crippen LogP contribution in [0.4, 0.5) is 0 Å². The van der Waals surface area contributed by atoms with E-state index in [0.717, 1.165) is 3.92 Å². The Morgan fingerprint density at radius 3 is 2.78 bits per heavy atom. The maximum atomic E-state index is 2.47. The van der Waals surface area contributed by atoms with E-state index >= 15 is 0 Å². The zero-order valence-corrected chi connectivity index (χ0v) is 9.51. The molecule has 1 aliphatic rings. The molecule has 0 saturated carbocycles. The van der Waals surface area contributed by atoms with Gasteiger partial charge in [-0.1, -0.05) is 40.3 Å². The molecular formula is C7H8I2. The lowest BCUT2D eigenvalue weighted by Gasteiger charge is -2.10. The second-order valence-corrected chi connectivity index (χ2v) is 5.21. The van der Waals surface area contributed by atoms with Crippen molar-refractivity contribution >= 4 is 45.2 Å². The molecule has 0 aromatic rings. The third-order valence-electron chi connectivity index (χ3n) is 1.22. The Labute approximate surface area is 83.1 Å². The van der Waals surface area contributed by atoms with Gasteiger partial charge in [0.25, 0.3) is 0 Å². The van der Waals surface area contributed by atoms with Crippen LogP contribution in [0.2, 0.25) is 0 Å². The SMILES string of the molecule is CC1=CC(I)CC(I)=C1. The third-order valence-corrected chi connectivity index (χ3v) is 2.77. The molecule has 0 fully saturated rings. The number of rotatable bonds is 0. The summed E-state index contributed by atoms with van der Waals surface area (Å²) in [5.74, 6) is 0. The quantitative estimate of drug-likeness (QED) is 0.466. The summed E-state index contributed by atoms with van der Waals surface area (Å²) in [7, 11) is 0. The molecule has 0 heterocycles. The first kappa shape index (κ1) is 8.04. The molecule has 0 saturated heterocycles. The number of hydrogen-bond acceptors (Lipinski definition) is 0. The standard InChI is InChI=1S/C7H8I2/c1-5-2-6(8)4-7(9)3-5/h2-3,6H,4H2,1H3. The van der Waals surface area contributed by atoms with Gasteiger partial charge >= 0.3 is 0 Å². The molecule has 0 bridgehead atoms. The van der Waals surface area contributed by atoms with Crippen molar-refractivity contribution in [3.05, 3.63) is 21.3 Å². The van der Waals surface area contributed by atoms with E-state index in [1.807, 2.05) is 0 Å². The minimum absolute atomic E-state index is 0.722. The van der Waals surface area contributed by atoms with Crippen molar-refractivity contribution < 1.29 is 0 Å². The average Bonchev–Trinajstić information content (AvgIpc) is 1.59. The molecule has 0 nitrogen and oxygen atoms in total. The van der Waals surface area contributed by atoms with Gasteiger partial charge < -0.3 is 0 Å². The molecule has 9 heavy (non-hydrogen) atoms. The summed E-state index contributed by atoms with van der Waals surface area (Å²) in [6.45, 7) is 2.16. The molecule has 0 aromatic heterocycles. The predicted molar refractivity (Wildman–Crippen MR) is 58.3 cm³/mol. The molecule has 0 amide bonds. The van der Waals surface area contributed by atoms with Crippen molar-refractivity contribution in [2.75, 3.05) is 0 Å². The summed E-state index contributed by atoms with van der Waals surface area (Å²) in [5.41, 5.74) is 1.41. The monoisotopic (exact) mass is 346 g/mol. The first-order valence-corrected chi connectivity index (χ1v) is 5.19. The van der Waals surface area contributed by atoms with Crippen molar-refractivity contribution in [1.82, 2.24) is 0 Å². The first-order chi connectivity index (χ1) is 4.18. The van der Waals surface area contributed by atoms with Crippen LogP contribution >= 0.6 is 45.2 Å². The molecule has 1 rings (SSSR count). The van der Waals surface area contributed by atoms with Crippen molar-refractivity contribution in [2.24, 2.45) is 0 Å². The van der Waals surface area contributed by atoms with Crippen molar-refractivity contribution in [3.8, 4) is 0 Å². The predicted octanol–water partition coefficient (Wildman–Crippen LogP) is 3.46. The van der Waals surface area contributed by atoms with Gasteiger partial charge in [-0.15, -0.1) is 0 Å². The van der Waals surface area contributed by atoms with E-state index in [2.05, 4.69) is 64.3 Å². The first-order valence-electron chi connectivity index (χ1n) is 2.87. The highest BCUT2D eigenvalue weighted by Crippen LogP contribution is 2.26. The lowest BCUT2D eigenvalue weighted by Crippen LogP contribution is -1.97. The highest BCUT2D eigenvalue weighted by atomic mass is 127. The Morgan fingerprint density at radius 2 is 2.33 bits per heavy atom. The lowest BCUT2D eigenvalue weighted by molar-refractivity contribution is 1.06. The van der Waals surface area contributed by atoms with E-state index in [9.17, 15) is 0 Å². The maximum absolute atomic E-state index is 2.47. The molecule has 1 unspecified atom stereocenters. The van der Waals surface area contributed by atoms with E-state index in [1.54, 1.807) is 0 Å². The largest absolute Gasteiger partial charge is 0.0777 e. The zero-order valence-electron chi connectivity index (χ0n) is 5.20. The van der Waals surface area contributed by atoms with Crippen LogP contribution < -0.4 is 0 Å². The van der Waals surface area contributed by atoms with E-state index in [-0.39, 0.29) is 0 Å². The van der Waals surface area contributed by atoms with Gasteiger partial charge in [-0.3, -0.25) is 0 Å². The fourth-order valence-electron chi connectivity index (χ4n) is 0.885. The zero-order chi connectivity index (χ0) is 6.85. The van der Waals surface area contributed by atoms with E-state index in [0.29, 0.717) is 0 Å². The van der Waals surface area contributed by atoms with Crippen molar-refractivity contribution in [2.45, 2.75) is 17.3 Å². The lowest BCUT2D eigenvalue weighted by atomic mass is 10.1. The second kappa shape index (κ2) is 3.37. The molecule has 0 N–H and O–H groups in total. The van der Waals surface area contributed by atoms with Gasteiger partial charge in [0, 0.05) is 3.92 Å². The van der Waals surface area contributed by atoms with Gasteiger partial charge in [0.15, 0.2) is 0 Å². The minimum atomic E-state index is 0.722. The van der Waals surface area contributed by atoms with Gasteiger partial charge in [0.05, 0.1) is 0 Å². The van der Waals surface area contributed by atoms with E-state index < -0.39 is 0 Å². The summed E-state index contributed by atoms with van der Waals surface area (Å²) in [4.78, 5) is 0. The normalized spacial score (nSPS) is 27.2. The summed E-state index contributed by atoms with van der Waals surface area (Å²) < 4.78 is 2.20. The number of hydrogen-bond donors (Lipinski definition) is 0. The van der Waals surface area contributed by atoms with Gasteiger partial charge in [-0.05, 0) is 39.5 Å². The molecule has 0 radical (unpaired) electrons. The molecule has 1 atom stereocenters. The number of allylic oxidation sites excluding steroid dienone is 4. The van der Waals surface area contributed by atoms with Crippen molar-refractivity contribution in [3.63, 3.8) is 0 Å². The highest BCUT2D eigenvalue weighted by Gasteiger charge is 2.06. The fraction of sp³-hybridized carbons (Fsp3) is 0.429. The summed E-state index contributed by atoms with van der Waals surface area (Å²) >= 11 is 4.87. The van der Waals surface area contributed by atoms with E-state index in [4.69, 9.17) is 0 Å². The van der Waals surface area contributed by atoms with Crippen LogP contribution in [-0.2, 0) is 0 Å². The third kappa shape index (κ3) is 2.57. The minimum Gasteiger partial charge on any atom is -0.0777 e. The van der Waals surface area contributed by atoms with Crippen LogP contribution in [0.1, 0.15) is 13.3 Å². The maximum Gasteiger partial charge on any atom is 0.0339 e. The summed E-state index contributed by atoms with van der Waals surface area (Å²) in [5, 5.41) is 0. The average molecular weight is 346 g/mol. The molecule has 50 valence electrons. The van der Waals surface area contributed by atoms with Gasteiger partial charge in [-0.2, -0.15) is 0 Å². The highest BCUT2D eigenvalue weighted by molar-refractivity contribution is 14.1. The Hall–Kier alpha value is 0.940. The Balaban J connectivity index is 2.74. The van der Waals surface area contributed by atoms with Gasteiger partial charge in [-0.25, -0.2) is 0 Å². The van der Waals surface area contributed by atoms with Crippen molar-refractivity contribution in [1.29, 1.82) is 0 Å². The smallest absolute Gasteiger partial charge is 0.0339 e. The van der Waals surface area contributed by atoms with Crippen LogP contribution in [0, 0.1) is 0 Å². The van der Waals surface area contributed by atoms with Crippen LogP contribution in [0.5, 0.6) is 0 Å². The Bertz CT molecular complexity index is 168. The summed E-state index contributed by atoms with van der Waals surface area (Å²) in [6, 6.07) is 0. The van der Waals surface area contributed by atoms with Gasteiger partial charge in [0.1, 0.15) is 0 Å². The number of alkyl halides is 1. The van der Waals surface area contributed by atoms with Gasteiger partial charge in [0.2, 0.25) is 0 Å². The van der Waals surface area contributed by atoms with Crippen LogP contribution in [0.15, 0.2) is 21.3 Å². The second-order valence-electron chi connectivity index (χ2n) is 2.22. The summed E-state index contributed by atoms with van der Waals surface area (Å²) in [6.07, 6.45) is 5.77. The van der Waals surface area contributed by atoms with E-state index in [1.165, 1.54) is 15.6 Å². The molecule has 1 aliphatic carbocycles. The van der Waals surface area contributed by atoms with Crippen LogP contribution in [0.25, 0.3) is 0 Å². The molecule has 0 aromatic carbocycles. The topological polar surface area (TPSA) is 0 Å². The Morgan fingerprint density at radius 1 is 1.67 bits per heavy atom. The van der Waals surface area contributed by atoms with Crippen LogP contribution in [0.3, 0.4) is 0 Å². The number of halogens is 2. The molecule has 0 aliphatic heterocycles. The van der Waals surface area contributed by atoms with Crippen LogP contribution in [-0.4, -0.2) is 3.92 Å². The Kier molecular flexibility index (Phi) is 3.01. The fourth-order valence-corrected chi connectivity index (χ4v) is 3.73. The molecule has 2 heteroatoms. The molecular weight excluding hydrogens is 338 g/mol. The molecule has 0 spiro atoms.